The van der Waals surface area contributed by atoms with Gasteiger partial charge in [0.15, 0.2) is 0 Å². The van der Waals surface area contributed by atoms with Crippen LogP contribution < -0.4 is 5.43 Å². The molecule has 3 nitrogen and oxygen atoms in total. The van der Waals surface area contributed by atoms with Gasteiger partial charge in [-0.05, 0) is 12.1 Å². The zero-order valence-electron chi connectivity index (χ0n) is 10.9. The Kier molecular flexibility index (Phi) is 3.75. The summed E-state index contributed by atoms with van der Waals surface area (Å²) in [6.07, 6.45) is 1.29. The van der Waals surface area contributed by atoms with Crippen molar-refractivity contribution in [1.82, 2.24) is 5.43 Å². The summed E-state index contributed by atoms with van der Waals surface area (Å²) in [4.78, 5) is 12.1. The molecule has 0 saturated heterocycles. The molecule has 1 amide bonds. The lowest BCUT2D eigenvalue weighted by Crippen LogP contribution is -2.17. The van der Waals surface area contributed by atoms with E-state index in [0.717, 1.165) is 10.1 Å². The fourth-order valence-electron chi connectivity index (χ4n) is 1.95. The Morgan fingerprint density at radius 2 is 1.90 bits per heavy atom. The summed E-state index contributed by atoms with van der Waals surface area (Å²) in [7, 11) is 0. The molecule has 0 aliphatic carbocycles. The fourth-order valence-corrected chi connectivity index (χ4v) is 2.90. The predicted octanol–water partition coefficient (Wildman–Crippen LogP) is 3.80. The van der Waals surface area contributed by atoms with E-state index in [1.165, 1.54) is 23.6 Å². The Morgan fingerprint density at radius 1 is 1.14 bits per heavy atom. The van der Waals surface area contributed by atoms with Crippen molar-refractivity contribution in [1.29, 1.82) is 0 Å². The van der Waals surface area contributed by atoms with Crippen molar-refractivity contribution in [2.24, 2.45) is 5.10 Å². The number of hydrogen-bond acceptors (Lipinski definition) is 3. The van der Waals surface area contributed by atoms with Crippen LogP contribution in [0.25, 0.3) is 10.1 Å². The van der Waals surface area contributed by atoms with Crippen molar-refractivity contribution in [3.05, 3.63) is 70.9 Å². The topological polar surface area (TPSA) is 41.5 Å². The first-order chi connectivity index (χ1) is 10.3. The van der Waals surface area contributed by atoms with Crippen molar-refractivity contribution in [3.8, 4) is 0 Å². The highest BCUT2D eigenvalue weighted by Crippen LogP contribution is 2.25. The molecule has 0 unspecified atom stereocenters. The molecule has 0 aliphatic heterocycles. The number of nitrogens with one attached hydrogen (secondary N) is 1. The molecule has 21 heavy (non-hydrogen) atoms. The number of carbonyl (C=O) groups excluding carboxylic acids is 1. The first-order valence-corrected chi connectivity index (χ1v) is 7.18. The number of hydrogen-bond donors (Lipinski definition) is 1. The van der Waals surface area contributed by atoms with Gasteiger partial charge in [-0.2, -0.15) is 5.10 Å². The molecular weight excluding hydrogens is 287 g/mol. The SMILES string of the molecule is O=C(N/N=C\c1ccccc1F)c1csc2ccccc12. The van der Waals surface area contributed by atoms with Gasteiger partial charge in [0.1, 0.15) is 5.82 Å². The van der Waals surface area contributed by atoms with Crippen molar-refractivity contribution in [3.63, 3.8) is 0 Å². The van der Waals surface area contributed by atoms with Crippen molar-refractivity contribution < 1.29 is 9.18 Å². The summed E-state index contributed by atoms with van der Waals surface area (Å²) in [6, 6.07) is 13.9. The van der Waals surface area contributed by atoms with Crippen LogP contribution >= 0.6 is 11.3 Å². The van der Waals surface area contributed by atoms with Gasteiger partial charge in [0.25, 0.3) is 5.91 Å². The van der Waals surface area contributed by atoms with E-state index in [1.54, 1.807) is 23.6 Å². The maximum Gasteiger partial charge on any atom is 0.272 e. The second-order valence-corrected chi connectivity index (χ2v) is 5.28. The minimum absolute atomic E-state index is 0.306. The van der Waals surface area contributed by atoms with E-state index in [9.17, 15) is 9.18 Å². The lowest BCUT2D eigenvalue weighted by molar-refractivity contribution is 0.0957. The molecule has 1 N–H and O–H groups in total. The van der Waals surface area contributed by atoms with Gasteiger partial charge in [0.05, 0.1) is 11.8 Å². The third-order valence-electron chi connectivity index (χ3n) is 3.00. The molecule has 1 heterocycles. The molecule has 1 aromatic heterocycles. The second-order valence-electron chi connectivity index (χ2n) is 4.37. The van der Waals surface area contributed by atoms with Gasteiger partial charge in [-0.25, -0.2) is 9.82 Å². The molecule has 0 bridgehead atoms. The lowest BCUT2D eigenvalue weighted by atomic mass is 10.2. The maximum absolute atomic E-state index is 13.4. The Hall–Kier alpha value is -2.53. The van der Waals surface area contributed by atoms with E-state index in [1.807, 2.05) is 24.3 Å². The quantitative estimate of drug-likeness (QED) is 0.580. The zero-order chi connectivity index (χ0) is 14.7. The second kappa shape index (κ2) is 5.85. The smallest absolute Gasteiger partial charge is 0.267 e. The molecule has 0 fully saturated rings. The number of fused-ring (bicyclic) bond motifs is 1. The molecule has 5 heteroatoms. The third-order valence-corrected chi connectivity index (χ3v) is 3.96. The summed E-state index contributed by atoms with van der Waals surface area (Å²) in [5, 5.41) is 6.49. The number of nitrogens with zero attached hydrogens (tertiary/aromatic N) is 1. The Balaban J connectivity index is 1.77. The van der Waals surface area contributed by atoms with Crippen molar-refractivity contribution >= 4 is 33.5 Å². The molecule has 0 saturated carbocycles. The van der Waals surface area contributed by atoms with Gasteiger partial charge in [-0.1, -0.05) is 36.4 Å². The zero-order valence-corrected chi connectivity index (χ0v) is 11.7. The van der Waals surface area contributed by atoms with E-state index < -0.39 is 0 Å². The number of benzene rings is 2. The molecule has 0 spiro atoms. The van der Waals surface area contributed by atoms with E-state index in [4.69, 9.17) is 0 Å². The van der Waals surface area contributed by atoms with Crippen LogP contribution in [-0.4, -0.2) is 12.1 Å². The number of carbonyl (C=O) groups is 1. The number of thiophene rings is 1. The summed E-state index contributed by atoms with van der Waals surface area (Å²) in [6.45, 7) is 0. The largest absolute Gasteiger partial charge is 0.272 e. The highest BCUT2D eigenvalue weighted by molar-refractivity contribution is 7.17. The van der Waals surface area contributed by atoms with Crippen LogP contribution in [0.2, 0.25) is 0 Å². The lowest BCUT2D eigenvalue weighted by Gasteiger charge is -1.99. The van der Waals surface area contributed by atoms with E-state index >= 15 is 0 Å². The third kappa shape index (κ3) is 2.83. The van der Waals surface area contributed by atoms with Crippen LogP contribution in [-0.2, 0) is 0 Å². The van der Waals surface area contributed by atoms with Gasteiger partial charge in [-0.15, -0.1) is 11.3 Å². The van der Waals surface area contributed by atoms with Crippen LogP contribution in [0.3, 0.4) is 0 Å². The summed E-state index contributed by atoms with van der Waals surface area (Å²) < 4.78 is 14.4. The number of halogens is 1. The highest BCUT2D eigenvalue weighted by Gasteiger charge is 2.10. The summed E-state index contributed by atoms with van der Waals surface area (Å²) in [5.74, 6) is -0.684. The van der Waals surface area contributed by atoms with Gasteiger partial charge in [-0.3, -0.25) is 4.79 Å². The van der Waals surface area contributed by atoms with Gasteiger partial charge in [0.2, 0.25) is 0 Å². The highest BCUT2D eigenvalue weighted by atomic mass is 32.1. The molecule has 0 aliphatic rings. The van der Waals surface area contributed by atoms with Crippen LogP contribution in [0.5, 0.6) is 0 Å². The number of hydrazone groups is 1. The minimum atomic E-state index is -0.378. The van der Waals surface area contributed by atoms with Crippen LogP contribution in [0.1, 0.15) is 15.9 Å². The molecule has 2 aromatic carbocycles. The Morgan fingerprint density at radius 3 is 2.76 bits per heavy atom. The van der Waals surface area contributed by atoms with Crippen LogP contribution in [0, 0.1) is 5.82 Å². The predicted molar refractivity (Wildman–Crippen MR) is 83.3 cm³/mol. The molecule has 0 atom stereocenters. The van der Waals surface area contributed by atoms with E-state index in [2.05, 4.69) is 10.5 Å². The van der Waals surface area contributed by atoms with Crippen LogP contribution in [0.15, 0.2) is 59.0 Å². The average Bonchev–Trinajstić information content (AvgIpc) is 2.93. The average molecular weight is 298 g/mol. The van der Waals surface area contributed by atoms with Gasteiger partial charge in [0, 0.05) is 21.0 Å². The standard InChI is InChI=1S/C16H11FN2OS/c17-14-7-3-1-5-11(14)9-18-19-16(20)13-10-21-15-8-4-2-6-12(13)15/h1-10H,(H,19,20)/b18-9-. The number of amides is 1. The summed E-state index contributed by atoms with van der Waals surface area (Å²) in [5.41, 5.74) is 3.32. The first-order valence-electron chi connectivity index (χ1n) is 6.30. The molecule has 3 rings (SSSR count). The molecule has 0 radical (unpaired) electrons. The first kappa shape index (κ1) is 13.5. The van der Waals surface area contributed by atoms with Crippen molar-refractivity contribution in [2.75, 3.05) is 0 Å². The Bertz CT molecular complexity index is 826. The molecule has 104 valence electrons. The van der Waals surface area contributed by atoms with E-state index in [0.29, 0.717) is 11.1 Å². The van der Waals surface area contributed by atoms with Gasteiger partial charge >= 0.3 is 0 Å². The fraction of sp³-hybridized carbons (Fsp3) is 0. The Labute approximate surface area is 124 Å². The maximum atomic E-state index is 13.4. The normalized spacial score (nSPS) is 11.1. The summed E-state index contributed by atoms with van der Waals surface area (Å²) >= 11 is 1.50. The van der Waals surface area contributed by atoms with Crippen LogP contribution in [0.4, 0.5) is 4.39 Å². The minimum Gasteiger partial charge on any atom is -0.267 e. The molecular formula is C16H11FN2OS. The monoisotopic (exact) mass is 298 g/mol. The van der Waals surface area contributed by atoms with Gasteiger partial charge < -0.3 is 0 Å². The van der Waals surface area contributed by atoms with Crippen molar-refractivity contribution in [2.45, 2.75) is 0 Å². The molecule has 3 aromatic rings. The van der Waals surface area contributed by atoms with E-state index in [-0.39, 0.29) is 11.7 Å². The number of rotatable bonds is 3.